The average Bonchev–Trinajstić information content (AvgIpc) is 3.94. The number of carbonyl (C=O) groups is 3. The molecule has 5 aliphatic rings. The summed E-state index contributed by atoms with van der Waals surface area (Å²) in [4.78, 5) is 45.2. The molecule has 2 saturated carbocycles. The molecule has 0 radical (unpaired) electrons. The number of carbonyl (C=O) groups excluding carboxylic acids is 3. The first-order valence-electron chi connectivity index (χ1n) is 15.3. The third kappa shape index (κ3) is 4.74. The zero-order valence-corrected chi connectivity index (χ0v) is 24.2. The number of anilines is 1. The number of amides is 3. The van der Waals surface area contributed by atoms with Gasteiger partial charge in [-0.05, 0) is 75.5 Å². The molecule has 232 valence electrons. The van der Waals surface area contributed by atoms with E-state index < -0.39 is 35.6 Å². The maximum Gasteiger partial charge on any atom is 0.416 e. The van der Waals surface area contributed by atoms with Gasteiger partial charge < -0.3 is 15.0 Å². The number of benzene rings is 1. The van der Waals surface area contributed by atoms with Crippen molar-refractivity contribution < 1.29 is 32.3 Å². The lowest BCUT2D eigenvalue weighted by Crippen LogP contribution is -2.56. The Morgan fingerprint density at radius 3 is 2.55 bits per heavy atom. The molecule has 10 nitrogen and oxygen atoms in total. The van der Waals surface area contributed by atoms with Gasteiger partial charge in [0.1, 0.15) is 17.9 Å². The highest BCUT2D eigenvalue weighted by atomic mass is 19.4. The number of likely N-dealkylation sites (N-methyl/N-ethyl adjacent to an activating group) is 1. The summed E-state index contributed by atoms with van der Waals surface area (Å²) in [6, 6.07) is 4.59. The van der Waals surface area contributed by atoms with E-state index in [0.29, 0.717) is 49.8 Å². The molecular formula is C31H33F3N6O4. The topological polar surface area (TPSA) is 121 Å². The number of nitrogens with zero attached hydrogens (tertiary/aromatic N) is 5. The van der Waals surface area contributed by atoms with Crippen LogP contribution in [-0.2, 0) is 15.7 Å². The van der Waals surface area contributed by atoms with Crippen molar-refractivity contribution in [2.75, 3.05) is 24.7 Å². The molecule has 44 heavy (non-hydrogen) atoms. The highest BCUT2D eigenvalue weighted by molar-refractivity contribution is 6.07. The Hall–Kier alpha value is -3.92. The number of nitrogens with one attached hydrogen (secondary N) is 1. The Morgan fingerprint density at radius 1 is 1.14 bits per heavy atom. The second-order valence-electron chi connectivity index (χ2n) is 12.5. The predicted octanol–water partition coefficient (Wildman–Crippen LogP) is 4.04. The van der Waals surface area contributed by atoms with Crippen LogP contribution in [0.1, 0.15) is 89.4 Å². The molecule has 7 rings (SSSR count). The number of ether oxygens (including phenoxy) is 1. The van der Waals surface area contributed by atoms with Crippen LogP contribution in [0.4, 0.5) is 19.0 Å². The number of nitriles is 1. The Balaban J connectivity index is 1.33. The first-order valence-corrected chi connectivity index (χ1v) is 15.3. The Kier molecular flexibility index (Phi) is 6.95. The van der Waals surface area contributed by atoms with E-state index in [2.05, 4.69) is 11.4 Å². The molecule has 0 bridgehead atoms. The summed E-state index contributed by atoms with van der Waals surface area (Å²) < 4.78 is 47.6. The SMILES string of the molecule is CCN1C(=O)[C@@H](NC(=O)c2cccc(C(F)(F)F)c2)[C@@H](C2CC2)c2c(C(=O)N3C4C[C@@H]4C[C@H]3C#N)nn(C3CCOCC3)c21. The summed E-state index contributed by atoms with van der Waals surface area (Å²) in [6.45, 7) is 3.05. The van der Waals surface area contributed by atoms with Gasteiger partial charge in [0.25, 0.3) is 17.7 Å². The van der Waals surface area contributed by atoms with Crippen LogP contribution < -0.4 is 10.2 Å². The minimum atomic E-state index is -4.63. The van der Waals surface area contributed by atoms with Gasteiger partial charge in [-0.2, -0.15) is 23.5 Å². The Bertz CT molecular complexity index is 1560. The third-order valence-corrected chi connectivity index (χ3v) is 9.81. The molecule has 4 heterocycles. The molecule has 2 saturated heterocycles. The predicted molar refractivity (Wildman–Crippen MR) is 150 cm³/mol. The van der Waals surface area contributed by atoms with Crippen LogP contribution in [0.3, 0.4) is 0 Å². The van der Waals surface area contributed by atoms with Crippen LogP contribution in [0.2, 0.25) is 0 Å². The van der Waals surface area contributed by atoms with Gasteiger partial charge in [-0.25, -0.2) is 4.68 Å². The van der Waals surface area contributed by atoms with E-state index in [1.807, 2.05) is 0 Å². The minimum Gasteiger partial charge on any atom is -0.381 e. The molecule has 0 spiro atoms. The maximum absolute atomic E-state index is 14.3. The van der Waals surface area contributed by atoms with Crippen LogP contribution in [0.15, 0.2) is 24.3 Å². The second-order valence-corrected chi connectivity index (χ2v) is 12.5. The lowest BCUT2D eigenvalue weighted by molar-refractivity contribution is -0.137. The third-order valence-electron chi connectivity index (χ3n) is 9.81. The number of halogens is 3. The van der Waals surface area contributed by atoms with E-state index in [4.69, 9.17) is 9.84 Å². The molecule has 1 aromatic carbocycles. The van der Waals surface area contributed by atoms with E-state index in [1.54, 1.807) is 16.5 Å². The lowest BCUT2D eigenvalue weighted by atomic mass is 9.82. The van der Waals surface area contributed by atoms with Crippen LogP contribution in [-0.4, -0.2) is 70.3 Å². The molecule has 1 unspecified atom stereocenters. The van der Waals surface area contributed by atoms with Gasteiger partial charge in [0.2, 0.25) is 0 Å². The van der Waals surface area contributed by atoms with Crippen molar-refractivity contribution in [1.29, 1.82) is 5.26 Å². The van der Waals surface area contributed by atoms with Crippen molar-refractivity contribution >= 4 is 23.5 Å². The molecule has 5 atom stereocenters. The zero-order valence-electron chi connectivity index (χ0n) is 24.2. The number of likely N-dealkylation sites (tertiary alicyclic amines) is 1. The van der Waals surface area contributed by atoms with Crippen LogP contribution in [0.25, 0.3) is 0 Å². The van der Waals surface area contributed by atoms with Gasteiger partial charge in [-0.3, -0.25) is 19.3 Å². The number of hydrogen-bond acceptors (Lipinski definition) is 6. The van der Waals surface area contributed by atoms with Gasteiger partial charge >= 0.3 is 6.18 Å². The molecule has 1 aromatic heterocycles. The molecule has 1 N–H and O–H groups in total. The second kappa shape index (κ2) is 10.6. The molecule has 3 aliphatic heterocycles. The summed E-state index contributed by atoms with van der Waals surface area (Å²) in [6.07, 6.45) is -0.341. The lowest BCUT2D eigenvalue weighted by Gasteiger charge is -2.39. The number of piperidine rings is 1. The van der Waals surface area contributed by atoms with Crippen molar-refractivity contribution in [2.24, 2.45) is 11.8 Å². The number of hydrogen-bond donors (Lipinski definition) is 1. The summed E-state index contributed by atoms with van der Waals surface area (Å²) >= 11 is 0. The highest BCUT2D eigenvalue weighted by Gasteiger charge is 2.57. The Labute approximate surface area is 252 Å². The normalized spacial score (nSPS) is 28.3. The monoisotopic (exact) mass is 610 g/mol. The quantitative estimate of drug-likeness (QED) is 0.527. The van der Waals surface area contributed by atoms with Gasteiger partial charge in [-0.15, -0.1) is 0 Å². The number of alkyl halides is 3. The van der Waals surface area contributed by atoms with Gasteiger partial charge in [0.05, 0.1) is 17.7 Å². The standard InChI is InChI=1S/C31H33F3N6O4/c1-2-38-28-24(23(16-6-7-16)25(29(38)42)36-27(41)17-4-3-5-19(12-17)31(32,33)34)26(37-40(28)20-8-10-44-11-9-20)30(43)39-21(15-35)13-18-14-22(18)39/h3-5,12,16,18,20-23,25H,2,6-11,13-14H2,1H3,(H,36,41)/t18-,21-,22?,23-,25-/m0/s1. The van der Waals surface area contributed by atoms with E-state index >= 15 is 0 Å². The van der Waals surface area contributed by atoms with Crippen molar-refractivity contribution in [3.63, 3.8) is 0 Å². The van der Waals surface area contributed by atoms with Gasteiger partial charge in [0, 0.05) is 42.8 Å². The zero-order chi connectivity index (χ0) is 30.9. The van der Waals surface area contributed by atoms with Crippen LogP contribution in [0, 0.1) is 23.2 Å². The number of aromatic nitrogens is 2. The summed E-state index contributed by atoms with van der Waals surface area (Å²) in [5, 5.41) is 17.5. The number of fused-ring (bicyclic) bond motifs is 2. The summed E-state index contributed by atoms with van der Waals surface area (Å²) in [5.74, 6) is -1.32. The highest BCUT2D eigenvalue weighted by Crippen LogP contribution is 2.53. The molecule has 2 aliphatic carbocycles. The van der Waals surface area contributed by atoms with Crippen LogP contribution in [0.5, 0.6) is 0 Å². The largest absolute Gasteiger partial charge is 0.416 e. The molecule has 3 amide bonds. The van der Waals surface area contributed by atoms with E-state index in [-0.39, 0.29) is 47.6 Å². The average molecular weight is 611 g/mol. The minimum absolute atomic E-state index is 0.0145. The maximum atomic E-state index is 14.3. The summed E-state index contributed by atoms with van der Waals surface area (Å²) in [7, 11) is 0. The van der Waals surface area contributed by atoms with Crippen molar-refractivity contribution in [3.8, 4) is 6.07 Å². The van der Waals surface area contributed by atoms with Crippen molar-refractivity contribution in [2.45, 2.75) is 81.7 Å². The molecule has 2 aromatic rings. The fourth-order valence-electron chi connectivity index (χ4n) is 7.42. The Morgan fingerprint density at radius 2 is 1.89 bits per heavy atom. The smallest absolute Gasteiger partial charge is 0.381 e. The first-order chi connectivity index (χ1) is 21.1. The molecular weight excluding hydrogens is 577 g/mol. The summed E-state index contributed by atoms with van der Waals surface area (Å²) in [5.41, 5.74) is -0.391. The van der Waals surface area contributed by atoms with E-state index in [1.165, 1.54) is 11.0 Å². The van der Waals surface area contributed by atoms with Crippen LogP contribution >= 0.6 is 0 Å². The van der Waals surface area contributed by atoms with Crippen molar-refractivity contribution in [3.05, 3.63) is 46.6 Å². The molecule has 4 fully saturated rings. The van der Waals surface area contributed by atoms with Crippen molar-refractivity contribution in [1.82, 2.24) is 20.0 Å². The first kappa shape index (κ1) is 28.8. The van der Waals surface area contributed by atoms with Gasteiger partial charge in [0.15, 0.2) is 5.69 Å². The van der Waals surface area contributed by atoms with E-state index in [0.717, 1.165) is 37.5 Å². The fraction of sp³-hybridized carbons (Fsp3) is 0.581. The van der Waals surface area contributed by atoms with E-state index in [9.17, 15) is 32.8 Å². The fourth-order valence-corrected chi connectivity index (χ4v) is 7.42. The number of rotatable bonds is 6. The molecule has 13 heteroatoms. The van der Waals surface area contributed by atoms with Gasteiger partial charge in [-0.1, -0.05) is 6.07 Å².